The Morgan fingerprint density at radius 2 is 1.66 bits per heavy atom. The Morgan fingerprint density at radius 1 is 0.897 bits per heavy atom. The summed E-state index contributed by atoms with van der Waals surface area (Å²) in [5.41, 5.74) is 4.00. The number of benzene rings is 3. The lowest BCUT2D eigenvalue weighted by Gasteiger charge is -2.12. The van der Waals surface area contributed by atoms with E-state index in [9.17, 15) is 8.42 Å². The highest BCUT2D eigenvalue weighted by Crippen LogP contribution is 2.31. The van der Waals surface area contributed by atoms with Crippen LogP contribution in [-0.4, -0.2) is 21.2 Å². The maximum Gasteiger partial charge on any atom is 0.339 e. The van der Waals surface area contributed by atoms with E-state index in [1.165, 1.54) is 23.3 Å². The van der Waals surface area contributed by atoms with E-state index >= 15 is 0 Å². The van der Waals surface area contributed by atoms with Crippen LogP contribution in [0.3, 0.4) is 0 Å². The molecule has 0 heterocycles. The molecule has 0 bridgehead atoms. The molecule has 0 spiro atoms. The van der Waals surface area contributed by atoms with Crippen LogP contribution in [-0.2, 0) is 10.1 Å². The summed E-state index contributed by atoms with van der Waals surface area (Å²) in [6, 6.07) is 19.0. The third-order valence-corrected chi connectivity index (χ3v) is 5.60. The van der Waals surface area contributed by atoms with Crippen molar-refractivity contribution in [3.8, 4) is 11.5 Å². The predicted molar refractivity (Wildman–Crippen MR) is 115 cm³/mol. The summed E-state index contributed by atoms with van der Waals surface area (Å²) in [4.78, 5) is 4.58. The van der Waals surface area contributed by atoms with Crippen LogP contribution in [0.15, 0.2) is 76.6 Å². The Hall–Kier alpha value is -3.12. The van der Waals surface area contributed by atoms with Gasteiger partial charge < -0.3 is 8.92 Å². The van der Waals surface area contributed by atoms with Crippen LogP contribution in [0, 0.1) is 13.8 Å². The van der Waals surface area contributed by atoms with Crippen LogP contribution in [0.1, 0.15) is 23.6 Å². The molecule has 0 fully saturated rings. The summed E-state index contributed by atoms with van der Waals surface area (Å²) in [6.07, 6.45) is 1.71. The van der Waals surface area contributed by atoms with E-state index in [4.69, 9.17) is 8.92 Å². The first-order chi connectivity index (χ1) is 13.9. The first-order valence-corrected chi connectivity index (χ1v) is 10.7. The minimum atomic E-state index is -3.94. The lowest BCUT2D eigenvalue weighted by atomic mass is 10.1. The Bertz CT molecular complexity index is 1120. The second-order valence-electron chi connectivity index (χ2n) is 6.52. The number of nitrogens with zero attached hydrogens (tertiary/aromatic N) is 1. The van der Waals surface area contributed by atoms with E-state index in [-0.39, 0.29) is 10.6 Å². The van der Waals surface area contributed by atoms with Crippen molar-refractivity contribution in [1.82, 2.24) is 0 Å². The molecule has 0 amide bonds. The molecule has 0 saturated carbocycles. The van der Waals surface area contributed by atoms with Crippen molar-refractivity contribution >= 4 is 22.0 Å². The molecule has 0 aliphatic heterocycles. The van der Waals surface area contributed by atoms with Gasteiger partial charge in [0.1, 0.15) is 4.90 Å². The van der Waals surface area contributed by atoms with Gasteiger partial charge in [-0.25, -0.2) is 0 Å². The minimum absolute atomic E-state index is 0.0860. The van der Waals surface area contributed by atoms with Crippen molar-refractivity contribution in [1.29, 1.82) is 0 Å². The molecule has 3 aromatic rings. The van der Waals surface area contributed by atoms with Crippen molar-refractivity contribution in [2.75, 3.05) is 6.61 Å². The van der Waals surface area contributed by atoms with Crippen molar-refractivity contribution in [2.45, 2.75) is 25.7 Å². The Morgan fingerprint density at radius 3 is 2.34 bits per heavy atom. The number of hydrogen-bond donors (Lipinski definition) is 0. The van der Waals surface area contributed by atoms with Crippen molar-refractivity contribution < 1.29 is 17.3 Å². The highest BCUT2D eigenvalue weighted by Gasteiger charge is 2.19. The molecule has 0 atom stereocenters. The highest BCUT2D eigenvalue weighted by molar-refractivity contribution is 7.87. The van der Waals surface area contributed by atoms with Crippen LogP contribution < -0.4 is 8.92 Å². The maximum absolute atomic E-state index is 12.5. The van der Waals surface area contributed by atoms with Crippen LogP contribution in [0.5, 0.6) is 11.5 Å². The second kappa shape index (κ2) is 8.92. The Balaban J connectivity index is 1.87. The molecular formula is C23H23NO4S. The normalized spacial score (nSPS) is 11.6. The largest absolute Gasteiger partial charge is 0.490 e. The van der Waals surface area contributed by atoms with Crippen LogP contribution in [0.4, 0.5) is 5.69 Å². The monoisotopic (exact) mass is 409 g/mol. The van der Waals surface area contributed by atoms with Gasteiger partial charge in [0.25, 0.3) is 0 Å². The highest BCUT2D eigenvalue weighted by atomic mass is 32.2. The van der Waals surface area contributed by atoms with Crippen molar-refractivity contribution in [3.05, 3.63) is 83.4 Å². The van der Waals surface area contributed by atoms with Gasteiger partial charge in [0, 0.05) is 6.21 Å². The van der Waals surface area contributed by atoms with Crippen LogP contribution >= 0.6 is 0 Å². The predicted octanol–water partition coefficient (Wildman–Crippen LogP) is 5.22. The number of aliphatic imine (C=N–C) groups is 1. The Kier molecular flexibility index (Phi) is 6.34. The molecule has 0 aliphatic rings. The van der Waals surface area contributed by atoms with Crippen LogP contribution in [0.2, 0.25) is 0 Å². The number of rotatable bonds is 7. The molecule has 0 saturated heterocycles. The number of aryl methyl sites for hydroxylation is 2. The van der Waals surface area contributed by atoms with Gasteiger partial charge in [0.15, 0.2) is 11.5 Å². The van der Waals surface area contributed by atoms with E-state index in [2.05, 4.69) is 11.9 Å². The Labute approximate surface area is 171 Å². The van der Waals surface area contributed by atoms with Gasteiger partial charge >= 0.3 is 10.1 Å². The lowest BCUT2D eigenvalue weighted by molar-refractivity contribution is 0.327. The molecule has 6 heteroatoms. The van der Waals surface area contributed by atoms with Gasteiger partial charge in [-0.3, -0.25) is 4.99 Å². The van der Waals surface area contributed by atoms with Gasteiger partial charge in [0.05, 0.1) is 12.3 Å². The topological polar surface area (TPSA) is 65.0 Å². The molecule has 0 N–H and O–H groups in total. The molecule has 0 aromatic heterocycles. The van der Waals surface area contributed by atoms with E-state index in [1.807, 2.05) is 32.0 Å². The van der Waals surface area contributed by atoms with Gasteiger partial charge in [0.2, 0.25) is 0 Å². The second-order valence-corrected chi connectivity index (χ2v) is 8.06. The third-order valence-electron chi connectivity index (χ3n) is 4.35. The fourth-order valence-corrected chi connectivity index (χ4v) is 3.61. The maximum atomic E-state index is 12.5. The van der Waals surface area contributed by atoms with E-state index < -0.39 is 10.1 Å². The molecule has 0 radical (unpaired) electrons. The minimum Gasteiger partial charge on any atom is -0.490 e. The standard InChI is InChI=1S/C23H23NO4S/c1-4-27-23-15-19(16-24-20-12-10-17(2)18(3)14-20)11-13-22(23)28-29(25,26)21-8-6-5-7-9-21/h5-16H,4H2,1-3H3. The molecule has 0 unspecified atom stereocenters. The zero-order valence-electron chi connectivity index (χ0n) is 16.6. The summed E-state index contributed by atoms with van der Waals surface area (Å²) in [5, 5.41) is 0. The first-order valence-electron chi connectivity index (χ1n) is 9.27. The summed E-state index contributed by atoms with van der Waals surface area (Å²) in [5.74, 6) is 0.482. The fraction of sp³-hybridized carbons (Fsp3) is 0.174. The van der Waals surface area contributed by atoms with Gasteiger partial charge in [-0.15, -0.1) is 0 Å². The average Bonchev–Trinajstić information content (AvgIpc) is 2.71. The lowest BCUT2D eigenvalue weighted by Crippen LogP contribution is -2.10. The first kappa shape index (κ1) is 20.6. The summed E-state index contributed by atoms with van der Waals surface area (Å²) in [7, 11) is -3.94. The smallest absolute Gasteiger partial charge is 0.339 e. The number of hydrogen-bond acceptors (Lipinski definition) is 5. The molecule has 29 heavy (non-hydrogen) atoms. The van der Waals surface area contributed by atoms with E-state index in [0.29, 0.717) is 12.4 Å². The summed E-state index contributed by atoms with van der Waals surface area (Å²) in [6.45, 7) is 6.30. The van der Waals surface area contributed by atoms with Crippen molar-refractivity contribution in [2.24, 2.45) is 4.99 Å². The zero-order valence-corrected chi connectivity index (χ0v) is 17.4. The molecule has 0 aliphatic carbocycles. The molecule has 3 aromatic carbocycles. The van der Waals surface area contributed by atoms with Gasteiger partial charge in [-0.2, -0.15) is 8.42 Å². The zero-order chi connectivity index (χ0) is 20.9. The quantitative estimate of drug-likeness (QED) is 0.396. The van der Waals surface area contributed by atoms with E-state index in [1.54, 1.807) is 42.6 Å². The summed E-state index contributed by atoms with van der Waals surface area (Å²) < 4.78 is 35.9. The average molecular weight is 410 g/mol. The fourth-order valence-electron chi connectivity index (χ4n) is 2.65. The van der Waals surface area contributed by atoms with Crippen LogP contribution in [0.25, 0.3) is 0 Å². The summed E-state index contributed by atoms with van der Waals surface area (Å²) >= 11 is 0. The molecular weight excluding hydrogens is 386 g/mol. The van der Waals surface area contributed by atoms with Gasteiger partial charge in [-0.05, 0) is 79.9 Å². The van der Waals surface area contributed by atoms with Gasteiger partial charge in [-0.1, -0.05) is 24.3 Å². The molecule has 5 nitrogen and oxygen atoms in total. The third kappa shape index (κ3) is 5.23. The van der Waals surface area contributed by atoms with Crippen molar-refractivity contribution in [3.63, 3.8) is 0 Å². The number of ether oxygens (including phenoxy) is 1. The molecule has 150 valence electrons. The SMILES string of the molecule is CCOc1cc(C=Nc2ccc(C)c(C)c2)ccc1OS(=O)(=O)c1ccccc1. The van der Waals surface area contributed by atoms with E-state index in [0.717, 1.165) is 11.3 Å². The molecule has 3 rings (SSSR count).